The molecule has 0 atom stereocenters. The Bertz CT molecular complexity index is 1020. The van der Waals surface area contributed by atoms with Gasteiger partial charge in [-0.2, -0.15) is 0 Å². The molecule has 124 valence electrons. The molecule has 0 spiro atoms. The standard InChI is InChI=1S/C18H11Cl2N3OS/c19-13-7-12(8-14(20)9-13)17(24)21-15-3-1-11(2-4-15)16-10-23-5-6-25-18(23)22-16/h1-10H,(H,21,24). The number of anilines is 1. The third-order valence-electron chi connectivity index (χ3n) is 3.66. The molecule has 0 saturated heterocycles. The van der Waals surface area contributed by atoms with Crippen LogP contribution in [-0.4, -0.2) is 15.3 Å². The van der Waals surface area contributed by atoms with Gasteiger partial charge < -0.3 is 5.32 Å². The number of carbonyl (C=O) groups is 1. The molecule has 0 aliphatic rings. The number of fused-ring (bicyclic) bond motifs is 1. The van der Waals surface area contributed by atoms with Crippen molar-refractivity contribution in [2.45, 2.75) is 0 Å². The fourth-order valence-electron chi connectivity index (χ4n) is 2.48. The van der Waals surface area contributed by atoms with E-state index in [4.69, 9.17) is 23.2 Å². The largest absolute Gasteiger partial charge is 0.322 e. The van der Waals surface area contributed by atoms with Crippen LogP contribution in [0.5, 0.6) is 0 Å². The van der Waals surface area contributed by atoms with Crippen molar-refractivity contribution in [3.63, 3.8) is 0 Å². The predicted octanol–water partition coefficient (Wildman–Crippen LogP) is 5.62. The monoisotopic (exact) mass is 387 g/mol. The molecule has 4 rings (SSSR count). The summed E-state index contributed by atoms with van der Waals surface area (Å²) in [5, 5.41) is 5.67. The van der Waals surface area contributed by atoms with Crippen LogP contribution in [0.4, 0.5) is 5.69 Å². The summed E-state index contributed by atoms with van der Waals surface area (Å²) in [6.07, 6.45) is 3.95. The minimum absolute atomic E-state index is 0.264. The molecule has 2 aromatic heterocycles. The highest BCUT2D eigenvalue weighted by Gasteiger charge is 2.09. The zero-order chi connectivity index (χ0) is 17.4. The van der Waals surface area contributed by atoms with Crippen LogP contribution in [0.2, 0.25) is 10.0 Å². The average molecular weight is 388 g/mol. The van der Waals surface area contributed by atoms with Crippen molar-refractivity contribution in [1.29, 1.82) is 0 Å². The van der Waals surface area contributed by atoms with Crippen molar-refractivity contribution in [2.75, 3.05) is 5.32 Å². The van der Waals surface area contributed by atoms with Gasteiger partial charge in [-0.1, -0.05) is 35.3 Å². The van der Waals surface area contributed by atoms with E-state index in [1.54, 1.807) is 29.5 Å². The van der Waals surface area contributed by atoms with Crippen LogP contribution in [0, 0.1) is 0 Å². The molecule has 0 bridgehead atoms. The second-order valence-electron chi connectivity index (χ2n) is 5.41. The molecule has 4 nitrogen and oxygen atoms in total. The van der Waals surface area contributed by atoms with Gasteiger partial charge in [0.15, 0.2) is 4.96 Å². The van der Waals surface area contributed by atoms with Crippen molar-refractivity contribution in [2.24, 2.45) is 0 Å². The number of carbonyl (C=O) groups excluding carboxylic acids is 1. The Labute approximate surface area is 157 Å². The molecule has 4 aromatic rings. The number of amides is 1. The highest BCUT2D eigenvalue weighted by atomic mass is 35.5. The van der Waals surface area contributed by atoms with Crippen LogP contribution in [-0.2, 0) is 0 Å². The van der Waals surface area contributed by atoms with Gasteiger partial charge >= 0.3 is 0 Å². The van der Waals surface area contributed by atoms with E-state index in [1.807, 2.05) is 46.4 Å². The Hall–Kier alpha value is -2.34. The molecular weight excluding hydrogens is 377 g/mol. The summed E-state index contributed by atoms with van der Waals surface area (Å²) in [7, 11) is 0. The van der Waals surface area contributed by atoms with Crippen molar-refractivity contribution >= 4 is 51.1 Å². The van der Waals surface area contributed by atoms with Crippen molar-refractivity contribution in [1.82, 2.24) is 9.38 Å². The van der Waals surface area contributed by atoms with Gasteiger partial charge in [0.25, 0.3) is 5.91 Å². The Morgan fingerprint density at radius 2 is 1.80 bits per heavy atom. The first-order valence-electron chi connectivity index (χ1n) is 7.38. The number of imidazole rings is 1. The number of aromatic nitrogens is 2. The minimum atomic E-state index is -0.264. The van der Waals surface area contributed by atoms with Crippen LogP contribution in [0.1, 0.15) is 10.4 Å². The molecule has 2 heterocycles. The summed E-state index contributed by atoms with van der Waals surface area (Å²) < 4.78 is 1.98. The molecule has 0 fully saturated rings. The molecule has 7 heteroatoms. The van der Waals surface area contributed by atoms with Crippen LogP contribution >= 0.6 is 34.5 Å². The number of rotatable bonds is 3. The summed E-state index contributed by atoms with van der Waals surface area (Å²) in [4.78, 5) is 17.8. The highest BCUT2D eigenvalue weighted by molar-refractivity contribution is 7.15. The molecule has 25 heavy (non-hydrogen) atoms. The van der Waals surface area contributed by atoms with Crippen LogP contribution < -0.4 is 5.32 Å². The Balaban J connectivity index is 1.53. The van der Waals surface area contributed by atoms with E-state index in [1.165, 1.54) is 0 Å². The van der Waals surface area contributed by atoms with E-state index in [-0.39, 0.29) is 5.91 Å². The van der Waals surface area contributed by atoms with E-state index < -0.39 is 0 Å². The van der Waals surface area contributed by atoms with Crippen molar-refractivity contribution in [3.8, 4) is 11.3 Å². The first-order valence-corrected chi connectivity index (χ1v) is 9.02. The highest BCUT2D eigenvalue weighted by Crippen LogP contribution is 2.24. The zero-order valence-corrected chi connectivity index (χ0v) is 15.1. The smallest absolute Gasteiger partial charge is 0.255 e. The van der Waals surface area contributed by atoms with Gasteiger partial charge in [0.1, 0.15) is 0 Å². The van der Waals surface area contributed by atoms with E-state index in [9.17, 15) is 4.79 Å². The summed E-state index contributed by atoms with van der Waals surface area (Å²) in [5.41, 5.74) is 2.98. The van der Waals surface area contributed by atoms with Crippen molar-refractivity contribution < 1.29 is 4.79 Å². The lowest BCUT2D eigenvalue weighted by Gasteiger charge is -2.07. The first-order chi connectivity index (χ1) is 12.1. The third kappa shape index (κ3) is 3.39. The van der Waals surface area contributed by atoms with Gasteiger partial charge in [-0.15, -0.1) is 11.3 Å². The maximum atomic E-state index is 12.3. The quantitative estimate of drug-likeness (QED) is 0.495. The first kappa shape index (κ1) is 16.1. The van der Waals surface area contributed by atoms with E-state index in [0.717, 1.165) is 16.2 Å². The number of benzene rings is 2. The average Bonchev–Trinajstić information content (AvgIpc) is 3.16. The van der Waals surface area contributed by atoms with Gasteiger partial charge in [0.05, 0.1) is 5.69 Å². The van der Waals surface area contributed by atoms with Crippen LogP contribution in [0.15, 0.2) is 60.2 Å². The van der Waals surface area contributed by atoms with Crippen molar-refractivity contribution in [3.05, 3.63) is 75.8 Å². The van der Waals surface area contributed by atoms with E-state index in [0.29, 0.717) is 21.3 Å². The Morgan fingerprint density at radius 3 is 2.48 bits per heavy atom. The lowest BCUT2D eigenvalue weighted by molar-refractivity contribution is 0.102. The van der Waals surface area contributed by atoms with E-state index >= 15 is 0 Å². The number of hydrogen-bond acceptors (Lipinski definition) is 3. The van der Waals surface area contributed by atoms with E-state index in [2.05, 4.69) is 10.3 Å². The molecule has 0 unspecified atom stereocenters. The summed E-state index contributed by atoms with van der Waals surface area (Å²) in [5.74, 6) is -0.264. The second-order valence-corrected chi connectivity index (χ2v) is 7.15. The minimum Gasteiger partial charge on any atom is -0.322 e. The molecule has 0 radical (unpaired) electrons. The SMILES string of the molecule is O=C(Nc1ccc(-c2cn3ccsc3n2)cc1)c1cc(Cl)cc(Cl)c1. The number of hydrogen-bond donors (Lipinski definition) is 1. The number of nitrogens with one attached hydrogen (secondary N) is 1. The number of halogens is 2. The number of nitrogens with zero attached hydrogens (tertiary/aromatic N) is 2. The molecule has 0 aliphatic heterocycles. The summed E-state index contributed by atoms with van der Waals surface area (Å²) in [6.45, 7) is 0. The summed E-state index contributed by atoms with van der Waals surface area (Å²) in [6, 6.07) is 12.3. The Kier molecular flexibility index (Phi) is 4.21. The van der Waals surface area contributed by atoms with Gasteiger partial charge in [-0.3, -0.25) is 9.20 Å². The fourth-order valence-corrected chi connectivity index (χ4v) is 3.71. The fraction of sp³-hybridized carbons (Fsp3) is 0. The normalized spacial score (nSPS) is 11.0. The zero-order valence-electron chi connectivity index (χ0n) is 12.7. The number of thiazole rings is 1. The predicted molar refractivity (Wildman–Crippen MR) is 103 cm³/mol. The maximum Gasteiger partial charge on any atom is 0.255 e. The summed E-state index contributed by atoms with van der Waals surface area (Å²) >= 11 is 13.5. The molecule has 0 aliphatic carbocycles. The molecule has 0 saturated carbocycles. The van der Waals surface area contributed by atoms with Crippen LogP contribution in [0.3, 0.4) is 0 Å². The van der Waals surface area contributed by atoms with Gasteiger partial charge in [0, 0.05) is 44.6 Å². The Morgan fingerprint density at radius 1 is 1.08 bits per heavy atom. The second kappa shape index (κ2) is 6.52. The molecule has 2 aromatic carbocycles. The molecule has 1 amide bonds. The lowest BCUT2D eigenvalue weighted by atomic mass is 10.1. The topological polar surface area (TPSA) is 46.4 Å². The van der Waals surface area contributed by atoms with Gasteiger partial charge in [-0.25, -0.2) is 4.98 Å². The lowest BCUT2D eigenvalue weighted by Crippen LogP contribution is -2.11. The molecule has 1 N–H and O–H groups in total. The van der Waals surface area contributed by atoms with Crippen LogP contribution in [0.25, 0.3) is 16.2 Å². The molecular formula is C18H11Cl2N3OS. The third-order valence-corrected chi connectivity index (χ3v) is 4.86. The van der Waals surface area contributed by atoms with Gasteiger partial charge in [0.2, 0.25) is 0 Å². The maximum absolute atomic E-state index is 12.3. The van der Waals surface area contributed by atoms with Gasteiger partial charge in [-0.05, 0) is 30.3 Å².